The highest BCUT2D eigenvalue weighted by atomic mass is 32.2. The summed E-state index contributed by atoms with van der Waals surface area (Å²) in [4.78, 5) is 24.2. The number of hydrogen-bond donors (Lipinski definition) is 2. The lowest BCUT2D eigenvalue weighted by Crippen LogP contribution is -2.45. The summed E-state index contributed by atoms with van der Waals surface area (Å²) >= 11 is 0. The fraction of sp³-hybridized carbons (Fsp3) is 0.579. The molecule has 1 fully saturated rings. The molecule has 1 saturated heterocycles. The smallest absolute Gasteiger partial charge is 0.243 e. The van der Waals surface area contributed by atoms with Gasteiger partial charge >= 0.3 is 0 Å². The first-order valence-corrected chi connectivity index (χ1v) is 10.9. The fourth-order valence-electron chi connectivity index (χ4n) is 2.98. The summed E-state index contributed by atoms with van der Waals surface area (Å²) in [5.74, 6) is -0.492. The molecule has 8 heteroatoms. The summed E-state index contributed by atoms with van der Waals surface area (Å²) in [6, 6.07) is 5.78. The lowest BCUT2D eigenvalue weighted by Gasteiger charge is -2.25. The van der Waals surface area contributed by atoms with Crippen LogP contribution < -0.4 is 10.6 Å². The summed E-state index contributed by atoms with van der Waals surface area (Å²) in [7, 11) is -3.47. The molecule has 2 amide bonds. The van der Waals surface area contributed by atoms with Crippen LogP contribution in [0.2, 0.25) is 0 Å². The van der Waals surface area contributed by atoms with E-state index < -0.39 is 16.1 Å². The summed E-state index contributed by atoms with van der Waals surface area (Å²) < 4.78 is 26.8. The highest BCUT2D eigenvalue weighted by Gasteiger charge is 2.25. The van der Waals surface area contributed by atoms with E-state index in [4.69, 9.17) is 0 Å². The van der Waals surface area contributed by atoms with Crippen LogP contribution in [0, 0.1) is 0 Å². The molecule has 2 N–H and O–H groups in total. The molecule has 1 aromatic rings. The third-order valence-electron chi connectivity index (χ3n) is 4.56. The van der Waals surface area contributed by atoms with Gasteiger partial charge in [-0.2, -0.15) is 4.31 Å². The highest BCUT2D eigenvalue weighted by molar-refractivity contribution is 7.89. The Labute approximate surface area is 161 Å². The van der Waals surface area contributed by atoms with Gasteiger partial charge in [-0.1, -0.05) is 25.5 Å². The van der Waals surface area contributed by atoms with Gasteiger partial charge in [0.25, 0.3) is 0 Å². The predicted molar refractivity (Wildman–Crippen MR) is 104 cm³/mol. The topological polar surface area (TPSA) is 95.6 Å². The predicted octanol–water partition coefficient (Wildman–Crippen LogP) is 1.43. The van der Waals surface area contributed by atoms with Crippen LogP contribution in [0.3, 0.4) is 0 Å². The molecule has 1 unspecified atom stereocenters. The molecule has 0 spiro atoms. The Morgan fingerprint density at radius 1 is 1.11 bits per heavy atom. The van der Waals surface area contributed by atoms with E-state index in [1.54, 1.807) is 31.2 Å². The minimum Gasteiger partial charge on any atom is -0.354 e. The van der Waals surface area contributed by atoms with Gasteiger partial charge in [-0.15, -0.1) is 0 Å². The fourth-order valence-corrected chi connectivity index (χ4v) is 4.50. The lowest BCUT2D eigenvalue weighted by molar-refractivity contribution is -0.128. The molecule has 2 rings (SSSR count). The minimum atomic E-state index is -3.47. The second-order valence-electron chi connectivity index (χ2n) is 6.87. The van der Waals surface area contributed by atoms with Crippen LogP contribution >= 0.6 is 0 Å². The molecule has 1 aromatic carbocycles. The number of nitrogens with one attached hydrogen (secondary N) is 2. The number of carbonyl (C=O) groups is 2. The average molecular weight is 396 g/mol. The van der Waals surface area contributed by atoms with E-state index in [1.807, 2.05) is 6.92 Å². The zero-order valence-corrected chi connectivity index (χ0v) is 16.8. The maximum Gasteiger partial charge on any atom is 0.243 e. The second kappa shape index (κ2) is 9.85. The van der Waals surface area contributed by atoms with Crippen LogP contribution in [0.4, 0.5) is 0 Å². The number of amides is 2. The zero-order valence-electron chi connectivity index (χ0n) is 16.0. The van der Waals surface area contributed by atoms with Crippen LogP contribution in [0.25, 0.3) is 0 Å². The molecule has 0 radical (unpaired) electrons. The molecule has 0 aliphatic carbocycles. The third kappa shape index (κ3) is 6.04. The van der Waals surface area contributed by atoms with Gasteiger partial charge in [0.05, 0.1) is 11.3 Å². The van der Waals surface area contributed by atoms with Gasteiger partial charge in [0.2, 0.25) is 21.8 Å². The van der Waals surface area contributed by atoms with E-state index in [9.17, 15) is 18.0 Å². The number of carbonyl (C=O) groups excluding carboxylic acids is 2. The monoisotopic (exact) mass is 395 g/mol. The van der Waals surface area contributed by atoms with Crippen LogP contribution in [-0.4, -0.2) is 50.2 Å². The Morgan fingerprint density at radius 2 is 1.74 bits per heavy atom. The Bertz CT molecular complexity index is 741. The average Bonchev–Trinajstić information content (AvgIpc) is 2.67. The zero-order chi connectivity index (χ0) is 19.9. The minimum absolute atomic E-state index is 0.0927. The van der Waals surface area contributed by atoms with Crippen molar-refractivity contribution in [3.05, 3.63) is 29.8 Å². The summed E-state index contributed by atoms with van der Waals surface area (Å²) in [6.07, 6.45) is 3.77. The van der Waals surface area contributed by atoms with Crippen molar-refractivity contribution in [1.29, 1.82) is 0 Å². The molecule has 1 heterocycles. The lowest BCUT2D eigenvalue weighted by atomic mass is 10.1. The Morgan fingerprint density at radius 3 is 2.33 bits per heavy atom. The molecule has 150 valence electrons. The number of sulfonamides is 1. The van der Waals surface area contributed by atoms with Crippen LogP contribution in [0.1, 0.15) is 45.1 Å². The quantitative estimate of drug-likeness (QED) is 0.696. The largest absolute Gasteiger partial charge is 0.354 e. The molecular formula is C19H29N3O4S. The second-order valence-corrected chi connectivity index (χ2v) is 8.80. The van der Waals surface area contributed by atoms with Crippen molar-refractivity contribution in [2.24, 2.45) is 0 Å². The molecule has 7 nitrogen and oxygen atoms in total. The Balaban J connectivity index is 1.93. The molecule has 1 aliphatic rings. The van der Waals surface area contributed by atoms with E-state index in [-0.39, 0.29) is 23.1 Å². The number of hydrogen-bond acceptors (Lipinski definition) is 4. The number of rotatable bonds is 8. The molecule has 0 saturated carbocycles. The molecule has 1 atom stereocenters. The van der Waals surface area contributed by atoms with E-state index in [0.717, 1.165) is 25.7 Å². The van der Waals surface area contributed by atoms with Crippen LogP contribution in [0.15, 0.2) is 29.2 Å². The van der Waals surface area contributed by atoms with Crippen LogP contribution in [-0.2, 0) is 26.0 Å². The Hall–Kier alpha value is -1.93. The molecule has 0 bridgehead atoms. The molecule has 27 heavy (non-hydrogen) atoms. The van der Waals surface area contributed by atoms with E-state index in [2.05, 4.69) is 10.6 Å². The molecular weight excluding hydrogens is 366 g/mol. The first kappa shape index (κ1) is 21.4. The van der Waals surface area contributed by atoms with Gasteiger partial charge in [-0.25, -0.2) is 8.42 Å². The third-order valence-corrected chi connectivity index (χ3v) is 6.47. The van der Waals surface area contributed by atoms with Crippen molar-refractivity contribution in [3.8, 4) is 0 Å². The summed E-state index contributed by atoms with van der Waals surface area (Å²) in [5, 5.41) is 5.39. The Kier molecular flexibility index (Phi) is 7.79. The number of benzene rings is 1. The van der Waals surface area contributed by atoms with E-state index >= 15 is 0 Å². The number of piperidine rings is 1. The highest BCUT2D eigenvalue weighted by Crippen LogP contribution is 2.20. The van der Waals surface area contributed by atoms with Crippen molar-refractivity contribution >= 4 is 21.8 Å². The normalized spacial score (nSPS) is 16.5. The van der Waals surface area contributed by atoms with Gasteiger partial charge in [-0.3, -0.25) is 9.59 Å². The van der Waals surface area contributed by atoms with Gasteiger partial charge in [0.1, 0.15) is 6.04 Å². The van der Waals surface area contributed by atoms with Crippen molar-refractivity contribution in [2.75, 3.05) is 19.6 Å². The van der Waals surface area contributed by atoms with Crippen molar-refractivity contribution in [2.45, 2.75) is 56.9 Å². The van der Waals surface area contributed by atoms with Gasteiger partial charge < -0.3 is 10.6 Å². The van der Waals surface area contributed by atoms with Crippen LogP contribution in [0.5, 0.6) is 0 Å². The maximum absolute atomic E-state index is 12.6. The summed E-state index contributed by atoms with van der Waals surface area (Å²) in [5.41, 5.74) is 0.700. The first-order chi connectivity index (χ1) is 12.8. The molecule has 1 aliphatic heterocycles. The summed E-state index contributed by atoms with van der Waals surface area (Å²) in [6.45, 7) is 5.29. The van der Waals surface area contributed by atoms with Gasteiger partial charge in [0.15, 0.2) is 0 Å². The van der Waals surface area contributed by atoms with Gasteiger partial charge in [0, 0.05) is 19.6 Å². The molecule has 0 aromatic heterocycles. The number of nitrogens with zero attached hydrogens (tertiary/aromatic N) is 1. The standard InChI is InChI=1S/C19H29N3O4S/c1-3-11-20-19(24)15(2)21-18(23)14-16-7-9-17(10-8-16)27(25,26)22-12-5-4-6-13-22/h7-10,15H,3-6,11-14H2,1-2H3,(H,20,24)(H,21,23). The van der Waals surface area contributed by atoms with Crippen molar-refractivity contribution < 1.29 is 18.0 Å². The van der Waals surface area contributed by atoms with Crippen molar-refractivity contribution in [3.63, 3.8) is 0 Å². The van der Waals surface area contributed by atoms with E-state index in [1.165, 1.54) is 4.31 Å². The SMILES string of the molecule is CCCNC(=O)C(C)NC(=O)Cc1ccc(S(=O)(=O)N2CCCCC2)cc1. The van der Waals surface area contributed by atoms with Gasteiger partial charge in [-0.05, 0) is 43.9 Å². The first-order valence-electron chi connectivity index (χ1n) is 9.50. The van der Waals surface area contributed by atoms with Crippen molar-refractivity contribution in [1.82, 2.24) is 14.9 Å². The van der Waals surface area contributed by atoms with E-state index in [0.29, 0.717) is 25.2 Å². The maximum atomic E-state index is 12.6.